The normalized spacial score (nSPS) is 54.5. The first-order chi connectivity index (χ1) is 5.45. The highest BCUT2D eigenvalue weighted by molar-refractivity contribution is 5.11. The zero-order valence-electron chi connectivity index (χ0n) is 6.33. The third kappa shape index (κ3) is 1.05. The Morgan fingerprint density at radius 2 is 1.67 bits per heavy atom. The molecule has 6 nitrogen and oxygen atoms in total. The molecule has 0 spiro atoms. The van der Waals surface area contributed by atoms with Gasteiger partial charge in [-0.05, 0) is 0 Å². The minimum absolute atomic E-state index is 0.802. The van der Waals surface area contributed by atoms with Gasteiger partial charge in [-0.1, -0.05) is 0 Å². The molecule has 7 N–H and O–H groups in total. The molecule has 5 atom stereocenters. The summed E-state index contributed by atoms with van der Waals surface area (Å²) in [5.41, 5.74) is 3.25. The fourth-order valence-electron chi connectivity index (χ4n) is 1.39. The van der Waals surface area contributed by atoms with Crippen molar-refractivity contribution in [2.75, 3.05) is 6.61 Å². The van der Waals surface area contributed by atoms with Gasteiger partial charge in [0.1, 0.15) is 23.9 Å². The molecule has 1 aliphatic carbocycles. The van der Waals surface area contributed by atoms with Crippen LogP contribution in [0.5, 0.6) is 0 Å². The van der Waals surface area contributed by atoms with Crippen LogP contribution in [0.4, 0.5) is 0 Å². The summed E-state index contributed by atoms with van der Waals surface area (Å²) < 4.78 is 0. The summed E-state index contributed by atoms with van der Waals surface area (Å²) in [5, 5.41) is 45.4. The molecular formula is C6H13NO5. The van der Waals surface area contributed by atoms with Crippen LogP contribution in [0.2, 0.25) is 0 Å². The third-order valence-corrected chi connectivity index (χ3v) is 2.38. The highest BCUT2D eigenvalue weighted by Gasteiger charge is 2.57. The topological polar surface area (TPSA) is 127 Å². The summed E-state index contributed by atoms with van der Waals surface area (Å²) in [6.45, 7) is -0.802. The average Bonchev–Trinajstić information content (AvgIpc) is 2.22. The van der Waals surface area contributed by atoms with Crippen LogP contribution in [-0.2, 0) is 0 Å². The third-order valence-electron chi connectivity index (χ3n) is 2.38. The van der Waals surface area contributed by atoms with E-state index in [4.69, 9.17) is 26.2 Å². The van der Waals surface area contributed by atoms with E-state index in [2.05, 4.69) is 0 Å². The molecule has 0 aliphatic heterocycles. The lowest BCUT2D eigenvalue weighted by Gasteiger charge is -2.28. The number of hydrogen-bond acceptors (Lipinski definition) is 6. The van der Waals surface area contributed by atoms with Crippen LogP contribution in [-0.4, -0.2) is 62.1 Å². The fraction of sp³-hybridized carbons (Fsp3) is 1.00. The SMILES string of the molecule is N[C@@H]1[C@@H](O)[C@@H](O)[C@@H](O)[C@@]1(O)CO. The van der Waals surface area contributed by atoms with Crippen molar-refractivity contribution in [3.8, 4) is 0 Å². The molecule has 0 heterocycles. The minimum Gasteiger partial charge on any atom is -0.393 e. The summed E-state index contributed by atoms with van der Waals surface area (Å²) in [6, 6.07) is -1.24. The van der Waals surface area contributed by atoms with Crippen molar-refractivity contribution in [3.63, 3.8) is 0 Å². The molecule has 0 amide bonds. The van der Waals surface area contributed by atoms with E-state index in [0.717, 1.165) is 0 Å². The van der Waals surface area contributed by atoms with Gasteiger partial charge in [-0.3, -0.25) is 0 Å². The molecule has 1 rings (SSSR count). The molecule has 0 aromatic heterocycles. The lowest BCUT2D eigenvalue weighted by Crippen LogP contribution is -2.55. The second-order valence-corrected chi connectivity index (χ2v) is 3.10. The Morgan fingerprint density at radius 3 is 1.83 bits per heavy atom. The Kier molecular flexibility index (Phi) is 2.39. The molecule has 0 unspecified atom stereocenters. The molecule has 0 bridgehead atoms. The van der Waals surface area contributed by atoms with Gasteiger partial charge in [0.2, 0.25) is 0 Å². The average molecular weight is 179 g/mol. The maximum Gasteiger partial charge on any atom is 0.134 e. The summed E-state index contributed by atoms with van der Waals surface area (Å²) >= 11 is 0. The van der Waals surface area contributed by atoms with Crippen LogP contribution in [0.3, 0.4) is 0 Å². The van der Waals surface area contributed by atoms with E-state index in [1.807, 2.05) is 0 Å². The monoisotopic (exact) mass is 179 g/mol. The van der Waals surface area contributed by atoms with Gasteiger partial charge in [-0.2, -0.15) is 0 Å². The van der Waals surface area contributed by atoms with Gasteiger partial charge in [0.15, 0.2) is 0 Å². The highest BCUT2D eigenvalue weighted by atomic mass is 16.4. The van der Waals surface area contributed by atoms with Crippen LogP contribution >= 0.6 is 0 Å². The Morgan fingerprint density at radius 1 is 1.17 bits per heavy atom. The Labute approximate surface area is 68.9 Å². The number of hydrogen-bond donors (Lipinski definition) is 6. The van der Waals surface area contributed by atoms with E-state index in [1.54, 1.807) is 0 Å². The molecule has 0 aromatic rings. The first kappa shape index (κ1) is 9.85. The van der Waals surface area contributed by atoms with E-state index < -0.39 is 36.6 Å². The molecule has 72 valence electrons. The van der Waals surface area contributed by atoms with E-state index >= 15 is 0 Å². The van der Waals surface area contributed by atoms with Gasteiger partial charge in [-0.15, -0.1) is 0 Å². The van der Waals surface area contributed by atoms with Crippen molar-refractivity contribution >= 4 is 0 Å². The summed E-state index contributed by atoms with van der Waals surface area (Å²) in [5.74, 6) is 0. The maximum absolute atomic E-state index is 9.43. The predicted molar refractivity (Wildman–Crippen MR) is 38.0 cm³/mol. The lowest BCUT2D eigenvalue weighted by molar-refractivity contribution is -0.116. The smallest absolute Gasteiger partial charge is 0.134 e. The molecule has 0 radical (unpaired) electrons. The predicted octanol–water partition coefficient (Wildman–Crippen LogP) is -3.87. The van der Waals surface area contributed by atoms with Crippen molar-refractivity contribution < 1.29 is 25.5 Å². The maximum atomic E-state index is 9.43. The Hall–Kier alpha value is -0.240. The molecule has 6 heteroatoms. The lowest BCUT2D eigenvalue weighted by atomic mass is 9.97. The van der Waals surface area contributed by atoms with Gasteiger partial charge < -0.3 is 31.3 Å². The molecule has 1 aliphatic rings. The fourth-order valence-corrected chi connectivity index (χ4v) is 1.39. The summed E-state index contributed by atoms with van der Waals surface area (Å²) in [4.78, 5) is 0. The van der Waals surface area contributed by atoms with Gasteiger partial charge in [-0.25, -0.2) is 0 Å². The zero-order chi connectivity index (χ0) is 9.52. The quantitative estimate of drug-likeness (QED) is 0.244. The van der Waals surface area contributed by atoms with E-state index in [9.17, 15) is 5.11 Å². The molecule has 1 saturated carbocycles. The van der Waals surface area contributed by atoms with Gasteiger partial charge in [0.05, 0.1) is 12.6 Å². The number of nitrogens with two attached hydrogens (primary N) is 1. The number of rotatable bonds is 1. The number of aliphatic hydroxyl groups excluding tert-OH is 4. The van der Waals surface area contributed by atoms with Crippen molar-refractivity contribution in [1.82, 2.24) is 0 Å². The van der Waals surface area contributed by atoms with Gasteiger partial charge in [0.25, 0.3) is 0 Å². The van der Waals surface area contributed by atoms with Crippen LogP contribution in [0.1, 0.15) is 0 Å². The molecule has 0 saturated heterocycles. The second-order valence-electron chi connectivity index (χ2n) is 3.10. The van der Waals surface area contributed by atoms with Gasteiger partial charge >= 0.3 is 0 Å². The standard InChI is InChI=1S/C6H13NO5/c7-4-2(9)3(10)5(11)6(4,12)1-8/h2-5,8-12H,1,7H2/t2-,3+,4+,5+,6+/m0/s1. The first-order valence-corrected chi connectivity index (χ1v) is 3.58. The van der Waals surface area contributed by atoms with Crippen LogP contribution in [0.25, 0.3) is 0 Å². The Balaban J connectivity index is 2.90. The van der Waals surface area contributed by atoms with E-state index in [1.165, 1.54) is 0 Å². The zero-order valence-corrected chi connectivity index (χ0v) is 6.33. The van der Waals surface area contributed by atoms with Crippen LogP contribution in [0, 0.1) is 0 Å². The summed E-state index contributed by atoms with van der Waals surface area (Å²) in [7, 11) is 0. The van der Waals surface area contributed by atoms with E-state index in [-0.39, 0.29) is 0 Å². The molecule has 1 fully saturated rings. The van der Waals surface area contributed by atoms with Crippen LogP contribution in [0.15, 0.2) is 0 Å². The molecule has 12 heavy (non-hydrogen) atoms. The van der Waals surface area contributed by atoms with E-state index in [0.29, 0.717) is 0 Å². The van der Waals surface area contributed by atoms with Crippen molar-refractivity contribution in [3.05, 3.63) is 0 Å². The van der Waals surface area contributed by atoms with Gasteiger partial charge in [0, 0.05) is 0 Å². The largest absolute Gasteiger partial charge is 0.393 e. The molecular weight excluding hydrogens is 166 g/mol. The van der Waals surface area contributed by atoms with Crippen molar-refractivity contribution in [1.29, 1.82) is 0 Å². The first-order valence-electron chi connectivity index (χ1n) is 3.58. The second kappa shape index (κ2) is 2.91. The molecule has 0 aromatic carbocycles. The number of aliphatic hydroxyl groups is 5. The minimum atomic E-state index is -2.02. The van der Waals surface area contributed by atoms with Crippen LogP contribution < -0.4 is 5.73 Å². The van der Waals surface area contributed by atoms with Crippen molar-refractivity contribution in [2.45, 2.75) is 30.0 Å². The Bertz CT molecular complexity index is 161. The van der Waals surface area contributed by atoms with Crippen molar-refractivity contribution in [2.24, 2.45) is 5.73 Å². The summed E-state index contributed by atoms with van der Waals surface area (Å²) in [6.07, 6.45) is -4.55. The highest BCUT2D eigenvalue weighted by Crippen LogP contribution is 2.29.